The maximum Gasteiger partial charge on any atom is 0.313 e. The van der Waals surface area contributed by atoms with E-state index in [9.17, 15) is 14.7 Å². The molecule has 0 unspecified atom stereocenters. The van der Waals surface area contributed by atoms with Gasteiger partial charge in [0.1, 0.15) is 0 Å². The number of hydrogen-bond donors (Lipinski definition) is 1. The first-order valence-corrected chi connectivity index (χ1v) is 17.3. The van der Waals surface area contributed by atoms with E-state index in [-0.39, 0.29) is 18.0 Å². The highest BCUT2D eigenvalue weighted by molar-refractivity contribution is 5.85. The monoisotopic (exact) mass is 562 g/mol. The van der Waals surface area contributed by atoms with Crippen LogP contribution in [-0.2, 0) is 14.3 Å². The van der Waals surface area contributed by atoms with Crippen LogP contribution in [0.4, 0.5) is 0 Å². The fraction of sp³-hybridized carbons (Fsp3) is 0.833. The van der Waals surface area contributed by atoms with Crippen molar-refractivity contribution in [2.24, 2.45) is 0 Å². The molecular formula is C36H66O4. The minimum Gasteiger partial charge on any atom is -0.393 e. The van der Waals surface area contributed by atoms with E-state index in [1.54, 1.807) is 0 Å². The molecule has 0 aliphatic carbocycles. The third kappa shape index (κ3) is 31.1. The Morgan fingerprint density at radius 3 is 1.38 bits per heavy atom. The quantitative estimate of drug-likeness (QED) is 0.0409. The number of hydrogen-bond acceptors (Lipinski definition) is 4. The van der Waals surface area contributed by atoms with Gasteiger partial charge in [0, 0.05) is 12.8 Å². The van der Waals surface area contributed by atoms with E-state index in [4.69, 9.17) is 4.74 Å². The minimum absolute atomic E-state index is 0.193. The van der Waals surface area contributed by atoms with Crippen LogP contribution in [-0.4, -0.2) is 23.1 Å². The van der Waals surface area contributed by atoms with Gasteiger partial charge in [0.25, 0.3) is 0 Å². The van der Waals surface area contributed by atoms with Gasteiger partial charge in [-0.25, -0.2) is 0 Å². The van der Waals surface area contributed by atoms with Crippen molar-refractivity contribution < 1.29 is 19.4 Å². The molecule has 1 atom stereocenters. The van der Waals surface area contributed by atoms with Crippen molar-refractivity contribution in [3.05, 3.63) is 24.3 Å². The molecule has 0 aromatic carbocycles. The Kier molecular flexibility index (Phi) is 31.0. The largest absolute Gasteiger partial charge is 0.393 e. The van der Waals surface area contributed by atoms with Gasteiger partial charge >= 0.3 is 11.9 Å². The van der Waals surface area contributed by atoms with E-state index in [0.29, 0.717) is 12.8 Å². The fourth-order valence-electron chi connectivity index (χ4n) is 4.93. The summed E-state index contributed by atoms with van der Waals surface area (Å²) >= 11 is 0. The van der Waals surface area contributed by atoms with E-state index in [1.807, 2.05) is 0 Å². The first-order chi connectivity index (χ1) is 19.6. The van der Waals surface area contributed by atoms with Crippen LogP contribution in [0, 0.1) is 0 Å². The number of carbonyl (C=O) groups is 2. The molecule has 0 aliphatic rings. The zero-order valence-corrected chi connectivity index (χ0v) is 26.7. The molecule has 0 rings (SSSR count). The molecule has 4 nitrogen and oxygen atoms in total. The van der Waals surface area contributed by atoms with Crippen LogP contribution in [0.15, 0.2) is 24.3 Å². The summed E-state index contributed by atoms with van der Waals surface area (Å²) in [4.78, 5) is 23.8. The molecular weight excluding hydrogens is 496 g/mol. The van der Waals surface area contributed by atoms with Gasteiger partial charge in [-0.1, -0.05) is 134 Å². The van der Waals surface area contributed by atoms with E-state index in [1.165, 1.54) is 77.0 Å². The van der Waals surface area contributed by atoms with Gasteiger partial charge in [-0.05, 0) is 64.2 Å². The molecule has 0 heterocycles. The van der Waals surface area contributed by atoms with Crippen molar-refractivity contribution >= 4 is 11.9 Å². The fourth-order valence-corrected chi connectivity index (χ4v) is 4.93. The number of aliphatic hydroxyl groups is 1. The lowest BCUT2D eigenvalue weighted by Gasteiger charge is -2.07. The Bertz CT molecular complexity index is 610. The second-order valence-corrected chi connectivity index (χ2v) is 11.7. The van der Waals surface area contributed by atoms with Crippen LogP contribution < -0.4 is 0 Å². The summed E-state index contributed by atoms with van der Waals surface area (Å²) in [6.45, 7) is 4.47. The first kappa shape index (κ1) is 38.6. The zero-order chi connectivity index (χ0) is 29.4. The Morgan fingerprint density at radius 1 is 0.525 bits per heavy atom. The molecule has 0 aromatic rings. The normalized spacial score (nSPS) is 12.5. The number of unbranched alkanes of at least 4 members (excludes halogenated alkanes) is 19. The highest BCUT2D eigenvalue weighted by atomic mass is 16.6. The molecule has 234 valence electrons. The third-order valence-electron chi connectivity index (χ3n) is 7.59. The zero-order valence-electron chi connectivity index (χ0n) is 26.7. The van der Waals surface area contributed by atoms with Gasteiger partial charge in [-0.15, -0.1) is 0 Å². The molecule has 0 aliphatic heterocycles. The summed E-state index contributed by atoms with van der Waals surface area (Å²) in [6.07, 6.45) is 38.2. The molecule has 1 N–H and O–H groups in total. The van der Waals surface area contributed by atoms with Gasteiger partial charge < -0.3 is 9.84 Å². The van der Waals surface area contributed by atoms with Gasteiger partial charge in [-0.2, -0.15) is 0 Å². The van der Waals surface area contributed by atoms with Crippen molar-refractivity contribution in [1.29, 1.82) is 0 Å². The van der Waals surface area contributed by atoms with Crippen molar-refractivity contribution in [3.63, 3.8) is 0 Å². The Labute approximate surface area is 248 Å². The van der Waals surface area contributed by atoms with Crippen LogP contribution in [0.2, 0.25) is 0 Å². The van der Waals surface area contributed by atoms with Crippen LogP contribution in [0.3, 0.4) is 0 Å². The maximum atomic E-state index is 11.9. The molecule has 0 saturated heterocycles. The number of ether oxygens (including phenoxy) is 1. The second kappa shape index (κ2) is 32.1. The lowest BCUT2D eigenvalue weighted by molar-refractivity contribution is -0.159. The van der Waals surface area contributed by atoms with Crippen LogP contribution in [0.25, 0.3) is 0 Å². The lowest BCUT2D eigenvalue weighted by Crippen LogP contribution is -2.11. The number of rotatable bonds is 30. The molecule has 0 fully saturated rings. The van der Waals surface area contributed by atoms with Crippen molar-refractivity contribution in [3.8, 4) is 0 Å². The molecule has 0 aromatic heterocycles. The SMILES string of the molecule is CCCCCCCC/C=C\CCCCCCCC(=O)OC(=O)CCCCCCC/C=C\C[C@H](O)CCCCCC. The van der Waals surface area contributed by atoms with Gasteiger partial charge in [0.05, 0.1) is 6.10 Å². The van der Waals surface area contributed by atoms with E-state index in [2.05, 4.69) is 38.2 Å². The van der Waals surface area contributed by atoms with Crippen LogP contribution >= 0.6 is 0 Å². The standard InChI is InChI=1S/C36H66O4/c1-3-5-7-9-10-11-12-13-14-15-16-17-21-24-28-32-35(38)40-36(39)33-29-25-22-19-18-20-23-27-31-34(37)30-26-8-6-4-2/h13-14,23,27,34,37H,3-12,15-22,24-26,28-33H2,1-2H3/b14-13-,27-23-/t34-/m1/s1. The van der Waals surface area contributed by atoms with Crippen LogP contribution in [0.1, 0.15) is 187 Å². The van der Waals surface area contributed by atoms with Crippen molar-refractivity contribution in [2.75, 3.05) is 0 Å². The predicted molar refractivity (Wildman–Crippen MR) is 171 cm³/mol. The molecule has 0 saturated carbocycles. The summed E-state index contributed by atoms with van der Waals surface area (Å²) in [7, 11) is 0. The third-order valence-corrected chi connectivity index (χ3v) is 7.59. The van der Waals surface area contributed by atoms with Crippen LogP contribution in [0.5, 0.6) is 0 Å². The van der Waals surface area contributed by atoms with E-state index >= 15 is 0 Å². The van der Waals surface area contributed by atoms with Gasteiger partial charge in [0.2, 0.25) is 0 Å². The van der Waals surface area contributed by atoms with Gasteiger partial charge in [0.15, 0.2) is 0 Å². The number of aliphatic hydroxyl groups excluding tert-OH is 1. The minimum atomic E-state index is -0.367. The Hall–Kier alpha value is -1.42. The molecule has 0 amide bonds. The summed E-state index contributed by atoms with van der Waals surface area (Å²) < 4.78 is 4.98. The summed E-state index contributed by atoms with van der Waals surface area (Å²) in [5, 5.41) is 9.97. The van der Waals surface area contributed by atoms with Crippen molar-refractivity contribution in [2.45, 2.75) is 193 Å². The maximum absolute atomic E-state index is 11.9. The lowest BCUT2D eigenvalue weighted by atomic mass is 10.1. The predicted octanol–water partition coefficient (Wildman–Crippen LogP) is 11.1. The average Bonchev–Trinajstić information content (AvgIpc) is 2.94. The Balaban J connectivity index is 3.43. The van der Waals surface area contributed by atoms with Gasteiger partial charge in [-0.3, -0.25) is 9.59 Å². The number of carbonyl (C=O) groups excluding carboxylic acids is 2. The highest BCUT2D eigenvalue weighted by Gasteiger charge is 2.09. The molecule has 40 heavy (non-hydrogen) atoms. The van der Waals surface area contributed by atoms with E-state index in [0.717, 1.165) is 83.5 Å². The molecule has 0 spiro atoms. The summed E-state index contributed by atoms with van der Waals surface area (Å²) in [5.74, 6) is -0.727. The molecule has 4 heteroatoms. The van der Waals surface area contributed by atoms with E-state index < -0.39 is 0 Å². The smallest absolute Gasteiger partial charge is 0.313 e. The first-order valence-electron chi connectivity index (χ1n) is 17.3. The summed E-state index contributed by atoms with van der Waals surface area (Å²) in [6, 6.07) is 0. The Morgan fingerprint density at radius 2 is 0.900 bits per heavy atom. The molecule has 0 bridgehead atoms. The highest BCUT2D eigenvalue weighted by Crippen LogP contribution is 2.13. The average molecular weight is 563 g/mol. The summed E-state index contributed by atoms with van der Waals surface area (Å²) in [5.41, 5.74) is 0. The van der Waals surface area contributed by atoms with Crippen molar-refractivity contribution in [1.82, 2.24) is 0 Å². The number of allylic oxidation sites excluding steroid dienone is 3. The number of esters is 2. The molecule has 0 radical (unpaired) electrons. The second-order valence-electron chi connectivity index (χ2n) is 11.7. The topological polar surface area (TPSA) is 63.6 Å².